The lowest BCUT2D eigenvalue weighted by Crippen LogP contribution is -2.39. The largest absolute Gasteiger partial charge is 0.336 e. The van der Waals surface area contributed by atoms with Crippen LogP contribution in [0.25, 0.3) is 0 Å². The standard InChI is InChI=1S/C20H28N6O/c1-14(2)20-22-7-9-26(20)13-18(27)25-8-5-17-16(12-25)11-23-19(24-17)15-4-3-6-21-10-15/h7,9,11,14-15,21H,3-6,8,10,12-13H2,1-2H3. The zero-order chi connectivity index (χ0) is 18.8. The van der Waals surface area contributed by atoms with Crippen LogP contribution in [0.5, 0.6) is 0 Å². The Hall–Kier alpha value is -2.28. The monoisotopic (exact) mass is 368 g/mol. The highest BCUT2D eigenvalue weighted by molar-refractivity contribution is 5.76. The van der Waals surface area contributed by atoms with Gasteiger partial charge in [0.05, 0.1) is 5.69 Å². The molecule has 0 saturated carbocycles. The summed E-state index contributed by atoms with van der Waals surface area (Å²) < 4.78 is 1.96. The lowest BCUT2D eigenvalue weighted by molar-refractivity contribution is -0.132. The molecule has 4 rings (SSSR count). The first-order chi connectivity index (χ1) is 13.1. The first-order valence-electron chi connectivity index (χ1n) is 9.96. The van der Waals surface area contributed by atoms with Gasteiger partial charge in [0.1, 0.15) is 18.2 Å². The summed E-state index contributed by atoms with van der Waals surface area (Å²) in [7, 11) is 0. The highest BCUT2D eigenvalue weighted by Gasteiger charge is 2.25. The third-order valence-corrected chi connectivity index (χ3v) is 5.54. The molecule has 0 aliphatic carbocycles. The van der Waals surface area contributed by atoms with E-state index >= 15 is 0 Å². The van der Waals surface area contributed by atoms with E-state index in [1.54, 1.807) is 6.20 Å². The van der Waals surface area contributed by atoms with Crippen LogP contribution in [0.3, 0.4) is 0 Å². The molecule has 7 heteroatoms. The smallest absolute Gasteiger partial charge is 0.242 e. The Bertz CT molecular complexity index is 809. The minimum absolute atomic E-state index is 0.126. The number of imidazole rings is 1. The fraction of sp³-hybridized carbons (Fsp3) is 0.600. The number of hydrogen-bond acceptors (Lipinski definition) is 5. The van der Waals surface area contributed by atoms with Crippen molar-refractivity contribution in [2.24, 2.45) is 0 Å². The minimum atomic E-state index is 0.126. The summed E-state index contributed by atoms with van der Waals surface area (Å²) in [6.45, 7) is 7.91. The summed E-state index contributed by atoms with van der Waals surface area (Å²) >= 11 is 0. The Labute approximate surface area is 160 Å². The van der Waals surface area contributed by atoms with Gasteiger partial charge in [-0.1, -0.05) is 13.8 Å². The number of piperidine rings is 1. The Balaban J connectivity index is 1.43. The summed E-state index contributed by atoms with van der Waals surface area (Å²) in [5.74, 6) is 2.76. The van der Waals surface area contributed by atoms with E-state index in [4.69, 9.17) is 4.98 Å². The number of nitrogens with one attached hydrogen (secondary N) is 1. The number of rotatable bonds is 4. The van der Waals surface area contributed by atoms with Crippen molar-refractivity contribution in [3.8, 4) is 0 Å². The number of hydrogen-bond donors (Lipinski definition) is 1. The van der Waals surface area contributed by atoms with Gasteiger partial charge >= 0.3 is 0 Å². The van der Waals surface area contributed by atoms with E-state index in [0.717, 1.165) is 55.4 Å². The molecule has 1 fully saturated rings. The molecule has 0 aromatic carbocycles. The van der Waals surface area contributed by atoms with Crippen LogP contribution >= 0.6 is 0 Å². The Morgan fingerprint density at radius 1 is 1.37 bits per heavy atom. The van der Waals surface area contributed by atoms with Crippen molar-refractivity contribution in [2.75, 3.05) is 19.6 Å². The number of carbonyl (C=O) groups is 1. The van der Waals surface area contributed by atoms with Crippen molar-refractivity contribution in [3.05, 3.63) is 41.5 Å². The van der Waals surface area contributed by atoms with Gasteiger partial charge < -0.3 is 14.8 Å². The Kier molecular flexibility index (Phi) is 5.20. The Morgan fingerprint density at radius 3 is 3.04 bits per heavy atom. The molecule has 1 amide bonds. The highest BCUT2D eigenvalue weighted by atomic mass is 16.2. The van der Waals surface area contributed by atoms with E-state index in [9.17, 15) is 4.79 Å². The lowest BCUT2D eigenvalue weighted by Gasteiger charge is -2.29. The SMILES string of the molecule is CC(C)c1nccn1CC(=O)N1CCc2nc(C3CCCNC3)ncc2C1. The topological polar surface area (TPSA) is 75.9 Å². The maximum absolute atomic E-state index is 12.8. The van der Waals surface area contributed by atoms with Crippen molar-refractivity contribution >= 4 is 5.91 Å². The maximum atomic E-state index is 12.8. The van der Waals surface area contributed by atoms with Gasteiger partial charge in [-0.05, 0) is 19.4 Å². The van der Waals surface area contributed by atoms with Crippen molar-refractivity contribution in [2.45, 2.75) is 58.0 Å². The van der Waals surface area contributed by atoms with Gasteiger partial charge in [0.15, 0.2) is 0 Å². The average molecular weight is 368 g/mol. The minimum Gasteiger partial charge on any atom is -0.336 e. The second kappa shape index (κ2) is 7.76. The van der Waals surface area contributed by atoms with Crippen LogP contribution in [0.4, 0.5) is 0 Å². The normalized spacial score (nSPS) is 20.0. The molecule has 2 aliphatic heterocycles. The first-order valence-corrected chi connectivity index (χ1v) is 9.96. The van der Waals surface area contributed by atoms with Crippen molar-refractivity contribution in [1.29, 1.82) is 0 Å². The van der Waals surface area contributed by atoms with E-state index < -0.39 is 0 Å². The molecule has 7 nitrogen and oxygen atoms in total. The number of amides is 1. The van der Waals surface area contributed by atoms with Crippen LogP contribution in [0.15, 0.2) is 18.6 Å². The molecule has 1 saturated heterocycles. The van der Waals surface area contributed by atoms with Gasteiger partial charge in [-0.2, -0.15) is 0 Å². The molecule has 27 heavy (non-hydrogen) atoms. The molecule has 2 aromatic rings. The molecule has 1 N–H and O–H groups in total. The van der Waals surface area contributed by atoms with E-state index in [0.29, 0.717) is 24.9 Å². The quantitative estimate of drug-likeness (QED) is 0.891. The van der Waals surface area contributed by atoms with Gasteiger partial charge in [0.25, 0.3) is 0 Å². The predicted molar refractivity (Wildman–Crippen MR) is 102 cm³/mol. The van der Waals surface area contributed by atoms with Gasteiger partial charge in [-0.3, -0.25) is 4.79 Å². The molecule has 2 aliphatic rings. The van der Waals surface area contributed by atoms with Crippen molar-refractivity contribution in [3.63, 3.8) is 0 Å². The second-order valence-corrected chi connectivity index (χ2v) is 7.88. The van der Waals surface area contributed by atoms with E-state index in [-0.39, 0.29) is 5.91 Å². The van der Waals surface area contributed by atoms with Gasteiger partial charge in [0, 0.05) is 62.0 Å². The molecule has 2 aromatic heterocycles. The number of aromatic nitrogens is 4. The summed E-state index contributed by atoms with van der Waals surface area (Å²) in [5.41, 5.74) is 2.19. The lowest BCUT2D eigenvalue weighted by atomic mass is 9.98. The van der Waals surface area contributed by atoms with E-state index in [1.165, 1.54) is 6.42 Å². The molecule has 1 atom stereocenters. The third kappa shape index (κ3) is 3.88. The number of nitrogens with zero attached hydrogens (tertiary/aromatic N) is 5. The zero-order valence-electron chi connectivity index (χ0n) is 16.2. The predicted octanol–water partition coefficient (Wildman–Crippen LogP) is 1.85. The van der Waals surface area contributed by atoms with E-state index in [2.05, 4.69) is 29.1 Å². The first kappa shape index (κ1) is 18.1. The number of fused-ring (bicyclic) bond motifs is 1. The summed E-state index contributed by atoms with van der Waals surface area (Å²) in [6, 6.07) is 0. The average Bonchev–Trinajstić information content (AvgIpc) is 3.16. The molecule has 4 heterocycles. The molecule has 144 valence electrons. The van der Waals surface area contributed by atoms with Crippen LogP contribution < -0.4 is 5.32 Å². The fourth-order valence-corrected chi connectivity index (χ4v) is 4.01. The third-order valence-electron chi connectivity index (χ3n) is 5.54. The summed E-state index contributed by atoms with van der Waals surface area (Å²) in [5, 5.41) is 3.43. The molecule has 0 spiro atoms. The summed E-state index contributed by atoms with van der Waals surface area (Å²) in [6.07, 6.45) is 8.72. The molecular formula is C20H28N6O. The van der Waals surface area contributed by atoms with Crippen LogP contribution in [-0.4, -0.2) is 50.0 Å². The zero-order valence-corrected chi connectivity index (χ0v) is 16.2. The highest BCUT2D eigenvalue weighted by Crippen LogP contribution is 2.23. The van der Waals surface area contributed by atoms with Gasteiger partial charge in [-0.25, -0.2) is 15.0 Å². The van der Waals surface area contributed by atoms with Crippen LogP contribution in [0, 0.1) is 0 Å². The molecule has 0 bridgehead atoms. The van der Waals surface area contributed by atoms with Crippen molar-refractivity contribution in [1.82, 2.24) is 29.7 Å². The molecule has 1 unspecified atom stereocenters. The van der Waals surface area contributed by atoms with Crippen LogP contribution in [-0.2, 0) is 24.3 Å². The van der Waals surface area contributed by atoms with Crippen LogP contribution in [0.1, 0.15) is 61.4 Å². The van der Waals surface area contributed by atoms with Gasteiger partial charge in [0.2, 0.25) is 5.91 Å². The molecule has 0 radical (unpaired) electrons. The number of carbonyl (C=O) groups excluding carboxylic acids is 1. The molecular weight excluding hydrogens is 340 g/mol. The second-order valence-electron chi connectivity index (χ2n) is 7.88. The maximum Gasteiger partial charge on any atom is 0.242 e. The van der Waals surface area contributed by atoms with Crippen LogP contribution in [0.2, 0.25) is 0 Å². The Morgan fingerprint density at radius 2 is 2.26 bits per heavy atom. The fourth-order valence-electron chi connectivity index (χ4n) is 4.01. The summed E-state index contributed by atoms with van der Waals surface area (Å²) in [4.78, 5) is 28.5. The van der Waals surface area contributed by atoms with Crippen molar-refractivity contribution < 1.29 is 4.79 Å². The van der Waals surface area contributed by atoms with Gasteiger partial charge in [-0.15, -0.1) is 0 Å². The van der Waals surface area contributed by atoms with E-state index in [1.807, 2.05) is 21.9 Å².